The van der Waals surface area contributed by atoms with Gasteiger partial charge < -0.3 is 9.72 Å². The lowest BCUT2D eigenvalue weighted by atomic mass is 10.2. The van der Waals surface area contributed by atoms with Crippen molar-refractivity contribution >= 4 is 22.4 Å². The quantitative estimate of drug-likeness (QED) is 0.794. The first-order valence-corrected chi connectivity index (χ1v) is 4.90. The van der Waals surface area contributed by atoms with Crippen LogP contribution in [0.4, 0.5) is 0 Å². The normalized spacial score (nSPS) is 10.5. The van der Waals surface area contributed by atoms with E-state index in [0.717, 1.165) is 0 Å². The highest BCUT2D eigenvalue weighted by atomic mass is 35.5. The molecule has 0 aliphatic heterocycles. The lowest BCUT2D eigenvalue weighted by Crippen LogP contribution is -2.07. The topological polar surface area (TPSA) is 55.0 Å². The molecule has 0 saturated heterocycles. The zero-order chi connectivity index (χ0) is 10.8. The third-order valence-corrected chi connectivity index (χ3v) is 2.22. The second-order valence-electron chi connectivity index (χ2n) is 2.97. The summed E-state index contributed by atoms with van der Waals surface area (Å²) in [4.78, 5) is 17.9. The summed E-state index contributed by atoms with van der Waals surface area (Å²) in [5.41, 5.74) is -0.197. The van der Waals surface area contributed by atoms with Crippen LogP contribution in [0.3, 0.4) is 0 Å². The molecule has 2 heterocycles. The molecule has 0 radical (unpaired) electrons. The molecule has 0 fully saturated rings. The number of rotatable bonds is 2. The lowest BCUT2D eigenvalue weighted by molar-refractivity contribution is 0.343. The van der Waals surface area contributed by atoms with Crippen molar-refractivity contribution in [1.82, 2.24) is 9.97 Å². The maximum atomic E-state index is 11.5. The van der Waals surface area contributed by atoms with Crippen molar-refractivity contribution in [1.29, 1.82) is 0 Å². The standard InChI is InChI=1S/C10H9ClN2O2/c1-2-15-8-5-13-10(14)7-4-12-9(11)3-6(7)8/h3-5H,2H2,1H3,(H,13,14). The minimum atomic E-state index is -0.197. The van der Waals surface area contributed by atoms with E-state index in [0.29, 0.717) is 28.3 Å². The predicted octanol–water partition coefficient (Wildman–Crippen LogP) is 1.98. The number of hydrogen-bond donors (Lipinski definition) is 1. The maximum Gasteiger partial charge on any atom is 0.257 e. The highest BCUT2D eigenvalue weighted by Gasteiger charge is 2.06. The summed E-state index contributed by atoms with van der Waals surface area (Å²) in [5, 5.41) is 1.50. The lowest BCUT2D eigenvalue weighted by Gasteiger charge is -2.06. The number of H-pyrrole nitrogens is 1. The molecule has 2 rings (SSSR count). The average molecular weight is 225 g/mol. The van der Waals surface area contributed by atoms with Crippen molar-refractivity contribution in [3.8, 4) is 5.75 Å². The Labute approximate surface area is 90.9 Å². The summed E-state index contributed by atoms with van der Waals surface area (Å²) in [5.74, 6) is 0.608. The first kappa shape index (κ1) is 9.98. The number of nitrogens with one attached hydrogen (secondary N) is 1. The van der Waals surface area contributed by atoms with Gasteiger partial charge >= 0.3 is 0 Å². The third kappa shape index (κ3) is 1.80. The second kappa shape index (κ2) is 3.90. The van der Waals surface area contributed by atoms with Gasteiger partial charge in [0.05, 0.1) is 12.0 Å². The fraction of sp³-hybridized carbons (Fsp3) is 0.200. The highest BCUT2D eigenvalue weighted by molar-refractivity contribution is 6.30. The molecule has 0 unspecified atom stereocenters. The SMILES string of the molecule is CCOc1c[nH]c(=O)c2cnc(Cl)cc12. The summed E-state index contributed by atoms with van der Waals surface area (Å²) in [6, 6.07) is 1.62. The van der Waals surface area contributed by atoms with Gasteiger partial charge in [0.15, 0.2) is 0 Å². The smallest absolute Gasteiger partial charge is 0.257 e. The first-order valence-electron chi connectivity index (χ1n) is 4.52. The molecule has 0 aliphatic rings. The average Bonchev–Trinajstić information content (AvgIpc) is 2.22. The molecule has 5 heteroatoms. The van der Waals surface area contributed by atoms with E-state index in [2.05, 4.69) is 9.97 Å². The van der Waals surface area contributed by atoms with Gasteiger partial charge in [-0.15, -0.1) is 0 Å². The first-order chi connectivity index (χ1) is 7.22. The number of ether oxygens (including phenoxy) is 1. The Hall–Kier alpha value is -1.55. The minimum absolute atomic E-state index is 0.197. The molecule has 0 amide bonds. The van der Waals surface area contributed by atoms with Gasteiger partial charge in [-0.2, -0.15) is 0 Å². The van der Waals surface area contributed by atoms with Crippen LogP contribution in [-0.4, -0.2) is 16.6 Å². The fourth-order valence-electron chi connectivity index (χ4n) is 1.38. The van der Waals surface area contributed by atoms with Crippen molar-refractivity contribution in [3.05, 3.63) is 34.0 Å². The number of pyridine rings is 2. The number of fused-ring (bicyclic) bond motifs is 1. The van der Waals surface area contributed by atoms with Crippen LogP contribution in [0, 0.1) is 0 Å². The predicted molar refractivity (Wildman–Crippen MR) is 58.5 cm³/mol. The molecule has 0 bridgehead atoms. The number of aromatic amines is 1. The van der Waals surface area contributed by atoms with Gasteiger partial charge in [-0.25, -0.2) is 4.98 Å². The van der Waals surface area contributed by atoms with Gasteiger partial charge in [0.25, 0.3) is 5.56 Å². The molecule has 4 nitrogen and oxygen atoms in total. The van der Waals surface area contributed by atoms with E-state index in [1.54, 1.807) is 6.07 Å². The zero-order valence-electron chi connectivity index (χ0n) is 8.08. The van der Waals surface area contributed by atoms with Crippen LogP contribution >= 0.6 is 11.6 Å². The van der Waals surface area contributed by atoms with Crippen LogP contribution in [-0.2, 0) is 0 Å². The van der Waals surface area contributed by atoms with Crippen LogP contribution < -0.4 is 10.3 Å². The third-order valence-electron chi connectivity index (χ3n) is 2.01. The molecule has 78 valence electrons. The van der Waals surface area contributed by atoms with Crippen LogP contribution in [0.15, 0.2) is 23.3 Å². The van der Waals surface area contributed by atoms with E-state index < -0.39 is 0 Å². The summed E-state index contributed by atoms with van der Waals surface area (Å²) in [7, 11) is 0. The Morgan fingerprint density at radius 1 is 1.53 bits per heavy atom. The molecular weight excluding hydrogens is 216 g/mol. The Morgan fingerprint density at radius 2 is 2.33 bits per heavy atom. The van der Waals surface area contributed by atoms with Crippen molar-refractivity contribution in [2.45, 2.75) is 6.92 Å². The van der Waals surface area contributed by atoms with Gasteiger partial charge in [0.2, 0.25) is 0 Å². The van der Waals surface area contributed by atoms with E-state index in [-0.39, 0.29) is 5.56 Å². The molecule has 1 N–H and O–H groups in total. The Bertz CT molecular complexity index is 551. The summed E-state index contributed by atoms with van der Waals surface area (Å²) in [6.45, 7) is 2.40. The summed E-state index contributed by atoms with van der Waals surface area (Å²) >= 11 is 5.76. The van der Waals surface area contributed by atoms with Gasteiger partial charge in [0.1, 0.15) is 10.9 Å². The van der Waals surface area contributed by atoms with E-state index in [1.165, 1.54) is 12.4 Å². The van der Waals surface area contributed by atoms with Gasteiger partial charge in [-0.3, -0.25) is 4.79 Å². The number of hydrogen-bond acceptors (Lipinski definition) is 3. The molecule has 0 atom stereocenters. The van der Waals surface area contributed by atoms with Crippen molar-refractivity contribution in [2.75, 3.05) is 6.61 Å². The van der Waals surface area contributed by atoms with E-state index in [1.807, 2.05) is 6.92 Å². The Balaban J connectivity index is 2.78. The van der Waals surface area contributed by atoms with E-state index in [4.69, 9.17) is 16.3 Å². The highest BCUT2D eigenvalue weighted by Crippen LogP contribution is 2.23. The van der Waals surface area contributed by atoms with E-state index in [9.17, 15) is 4.79 Å². The van der Waals surface area contributed by atoms with Gasteiger partial charge in [-0.05, 0) is 13.0 Å². The molecule has 0 aliphatic carbocycles. The number of nitrogens with zero attached hydrogens (tertiary/aromatic N) is 1. The van der Waals surface area contributed by atoms with Gasteiger partial charge in [-0.1, -0.05) is 11.6 Å². The maximum absolute atomic E-state index is 11.5. The van der Waals surface area contributed by atoms with Crippen LogP contribution in [0.5, 0.6) is 5.75 Å². The molecule has 2 aromatic rings. The Kier molecular flexibility index (Phi) is 2.60. The Morgan fingerprint density at radius 3 is 3.07 bits per heavy atom. The zero-order valence-corrected chi connectivity index (χ0v) is 8.84. The van der Waals surface area contributed by atoms with Crippen molar-refractivity contribution in [3.63, 3.8) is 0 Å². The van der Waals surface area contributed by atoms with Crippen LogP contribution in [0.2, 0.25) is 5.15 Å². The monoisotopic (exact) mass is 224 g/mol. The minimum Gasteiger partial charge on any atom is -0.492 e. The molecule has 0 spiro atoms. The second-order valence-corrected chi connectivity index (χ2v) is 3.35. The molecule has 2 aromatic heterocycles. The van der Waals surface area contributed by atoms with Crippen molar-refractivity contribution < 1.29 is 4.74 Å². The summed E-state index contributed by atoms with van der Waals surface area (Å²) < 4.78 is 5.37. The molecule has 0 saturated carbocycles. The molecule has 15 heavy (non-hydrogen) atoms. The number of aromatic nitrogens is 2. The fourth-order valence-corrected chi connectivity index (χ4v) is 1.53. The molecular formula is C10H9ClN2O2. The van der Waals surface area contributed by atoms with E-state index >= 15 is 0 Å². The number of halogens is 1. The molecule has 0 aromatic carbocycles. The van der Waals surface area contributed by atoms with Crippen molar-refractivity contribution in [2.24, 2.45) is 0 Å². The van der Waals surface area contributed by atoms with Crippen LogP contribution in [0.1, 0.15) is 6.92 Å². The van der Waals surface area contributed by atoms with Crippen LogP contribution in [0.25, 0.3) is 10.8 Å². The summed E-state index contributed by atoms with van der Waals surface area (Å²) in [6.07, 6.45) is 2.98. The van der Waals surface area contributed by atoms with Gasteiger partial charge in [0, 0.05) is 17.8 Å². The largest absolute Gasteiger partial charge is 0.492 e.